The molecule has 0 N–H and O–H groups in total. The second-order valence-electron chi connectivity index (χ2n) is 3.01. The van der Waals surface area contributed by atoms with E-state index in [0.29, 0.717) is 5.69 Å². The summed E-state index contributed by atoms with van der Waals surface area (Å²) >= 11 is 0. The monoisotopic (exact) mass is 180 g/mol. The van der Waals surface area contributed by atoms with Gasteiger partial charge in [0.1, 0.15) is 5.69 Å². The number of para-hydroxylation sites is 1. The van der Waals surface area contributed by atoms with Gasteiger partial charge in [-0.2, -0.15) is 0 Å². The van der Waals surface area contributed by atoms with E-state index >= 15 is 0 Å². The fourth-order valence-electron chi connectivity index (χ4n) is 1.16. The summed E-state index contributed by atoms with van der Waals surface area (Å²) in [6, 6.07) is 8.72. The maximum absolute atomic E-state index is 10.7. The summed E-state index contributed by atoms with van der Waals surface area (Å²) in [4.78, 5) is 10.7. The zero-order valence-electron chi connectivity index (χ0n) is 7.68. The number of benzene rings is 1. The maximum atomic E-state index is 10.7. The minimum Gasteiger partial charge on any atom is -0.234 e. The van der Waals surface area contributed by atoms with E-state index in [1.165, 1.54) is 0 Å². The van der Waals surface area contributed by atoms with Gasteiger partial charge in [-0.25, -0.2) is 10.1 Å². The highest BCUT2D eigenvalue weighted by molar-refractivity contribution is 5.43. The average Bonchev–Trinajstić information content (AvgIpc) is 2.04. The van der Waals surface area contributed by atoms with Gasteiger partial charge in [-0.1, -0.05) is 23.2 Å². The highest BCUT2D eigenvalue weighted by Gasteiger charge is 2.20. The molecular formula is C9H12N2O2. The molecule has 0 saturated heterocycles. The molecule has 0 aromatic heterocycles. The first kappa shape index (κ1) is 9.51. The van der Waals surface area contributed by atoms with Gasteiger partial charge in [0.05, 0.1) is 6.04 Å². The molecule has 0 aliphatic rings. The van der Waals surface area contributed by atoms with Gasteiger partial charge in [-0.3, -0.25) is 0 Å². The van der Waals surface area contributed by atoms with Gasteiger partial charge in [0.15, 0.2) is 5.03 Å². The predicted molar refractivity (Wildman–Crippen MR) is 51.1 cm³/mol. The van der Waals surface area contributed by atoms with Crippen molar-refractivity contribution in [3.8, 4) is 0 Å². The van der Waals surface area contributed by atoms with Gasteiger partial charge in [-0.05, 0) is 26.0 Å². The Balaban J connectivity index is 2.96. The number of hydrogen-bond donors (Lipinski definition) is 0. The molecule has 1 rings (SSSR count). The number of nitro groups is 1. The lowest BCUT2D eigenvalue weighted by molar-refractivity contribution is -0.499. The Kier molecular flexibility index (Phi) is 2.84. The zero-order valence-corrected chi connectivity index (χ0v) is 7.68. The SMILES string of the molecule is CC(C)N(c1ccccc1)[N+](=O)[O-]. The van der Waals surface area contributed by atoms with Crippen LogP contribution in [-0.4, -0.2) is 11.1 Å². The van der Waals surface area contributed by atoms with Crippen molar-refractivity contribution in [1.29, 1.82) is 0 Å². The van der Waals surface area contributed by atoms with Crippen LogP contribution in [0.1, 0.15) is 13.8 Å². The van der Waals surface area contributed by atoms with Gasteiger partial charge in [-0.15, -0.1) is 0 Å². The van der Waals surface area contributed by atoms with E-state index in [1.54, 1.807) is 38.1 Å². The fourth-order valence-corrected chi connectivity index (χ4v) is 1.16. The Morgan fingerprint density at radius 2 is 1.85 bits per heavy atom. The lowest BCUT2D eigenvalue weighted by Crippen LogP contribution is -2.36. The Morgan fingerprint density at radius 1 is 1.31 bits per heavy atom. The molecule has 0 saturated carbocycles. The molecule has 1 aromatic carbocycles. The molecule has 4 nitrogen and oxygen atoms in total. The summed E-state index contributed by atoms with van der Waals surface area (Å²) in [6.45, 7) is 3.58. The van der Waals surface area contributed by atoms with Crippen LogP contribution in [0.4, 0.5) is 5.69 Å². The van der Waals surface area contributed by atoms with Crippen LogP contribution in [0.3, 0.4) is 0 Å². The minimum absolute atomic E-state index is 0.141. The van der Waals surface area contributed by atoms with E-state index in [0.717, 1.165) is 5.01 Å². The summed E-state index contributed by atoms with van der Waals surface area (Å²) in [5, 5.41) is 11.4. The Labute approximate surface area is 76.9 Å². The second kappa shape index (κ2) is 3.89. The zero-order chi connectivity index (χ0) is 9.84. The molecule has 0 fully saturated rings. The van der Waals surface area contributed by atoms with Gasteiger partial charge in [0.2, 0.25) is 0 Å². The smallest absolute Gasteiger partial charge is 0.165 e. The van der Waals surface area contributed by atoms with Gasteiger partial charge >= 0.3 is 0 Å². The topological polar surface area (TPSA) is 46.4 Å². The van der Waals surface area contributed by atoms with Crippen LogP contribution in [0.2, 0.25) is 0 Å². The molecule has 0 atom stereocenters. The van der Waals surface area contributed by atoms with Crippen molar-refractivity contribution in [2.75, 3.05) is 5.01 Å². The summed E-state index contributed by atoms with van der Waals surface area (Å²) in [7, 11) is 0. The van der Waals surface area contributed by atoms with E-state index in [2.05, 4.69) is 0 Å². The fraction of sp³-hybridized carbons (Fsp3) is 0.333. The van der Waals surface area contributed by atoms with Crippen molar-refractivity contribution in [3.63, 3.8) is 0 Å². The van der Waals surface area contributed by atoms with Crippen LogP contribution in [0.25, 0.3) is 0 Å². The molecule has 0 radical (unpaired) electrons. The third-order valence-corrected chi connectivity index (χ3v) is 1.69. The van der Waals surface area contributed by atoms with E-state index in [4.69, 9.17) is 0 Å². The van der Waals surface area contributed by atoms with Crippen LogP contribution in [0.5, 0.6) is 0 Å². The van der Waals surface area contributed by atoms with Crippen LogP contribution >= 0.6 is 0 Å². The summed E-state index contributed by atoms with van der Waals surface area (Å²) < 4.78 is 0. The summed E-state index contributed by atoms with van der Waals surface area (Å²) in [5.41, 5.74) is 0.613. The van der Waals surface area contributed by atoms with Crippen molar-refractivity contribution in [2.45, 2.75) is 19.9 Å². The Hall–Kier alpha value is -1.58. The average molecular weight is 180 g/mol. The number of hydrogen-bond acceptors (Lipinski definition) is 2. The number of anilines is 1. The molecule has 1 aromatic rings. The predicted octanol–water partition coefficient (Wildman–Crippen LogP) is 2.09. The van der Waals surface area contributed by atoms with E-state index in [-0.39, 0.29) is 11.1 Å². The molecule has 0 heterocycles. The standard InChI is InChI=1S/C9H12N2O2/c1-8(2)10(11(12)13)9-6-4-3-5-7-9/h3-8H,1-2H3. The van der Waals surface area contributed by atoms with Crippen molar-refractivity contribution in [2.24, 2.45) is 0 Å². The van der Waals surface area contributed by atoms with E-state index in [1.807, 2.05) is 6.07 Å². The molecular weight excluding hydrogens is 168 g/mol. The third kappa shape index (κ3) is 2.18. The molecule has 0 unspecified atom stereocenters. The summed E-state index contributed by atoms with van der Waals surface area (Å²) in [6.07, 6.45) is 0. The number of rotatable bonds is 3. The molecule has 70 valence electrons. The lowest BCUT2D eigenvalue weighted by Gasteiger charge is -2.17. The molecule has 0 aliphatic heterocycles. The normalized spacial score (nSPS) is 10.1. The first-order valence-corrected chi connectivity index (χ1v) is 4.11. The van der Waals surface area contributed by atoms with Gasteiger partial charge in [0.25, 0.3) is 0 Å². The Morgan fingerprint density at radius 3 is 2.23 bits per heavy atom. The summed E-state index contributed by atoms with van der Waals surface area (Å²) in [5.74, 6) is 0. The highest BCUT2D eigenvalue weighted by Crippen LogP contribution is 2.15. The van der Waals surface area contributed by atoms with Crippen molar-refractivity contribution < 1.29 is 5.03 Å². The largest absolute Gasteiger partial charge is 0.234 e. The minimum atomic E-state index is -0.389. The maximum Gasteiger partial charge on any atom is 0.165 e. The molecule has 0 spiro atoms. The highest BCUT2D eigenvalue weighted by atomic mass is 16.7. The number of nitrogens with zero attached hydrogens (tertiary/aromatic N) is 2. The second-order valence-corrected chi connectivity index (χ2v) is 3.01. The molecule has 0 aliphatic carbocycles. The van der Waals surface area contributed by atoms with E-state index < -0.39 is 0 Å². The Bertz CT molecular complexity index is 285. The van der Waals surface area contributed by atoms with Gasteiger partial charge in [0, 0.05) is 0 Å². The van der Waals surface area contributed by atoms with E-state index in [9.17, 15) is 10.1 Å². The van der Waals surface area contributed by atoms with Crippen LogP contribution < -0.4 is 5.01 Å². The van der Waals surface area contributed by atoms with Crippen LogP contribution in [0, 0.1) is 10.1 Å². The molecule has 13 heavy (non-hydrogen) atoms. The molecule has 0 bridgehead atoms. The first-order chi connectivity index (χ1) is 6.13. The third-order valence-electron chi connectivity index (χ3n) is 1.69. The first-order valence-electron chi connectivity index (χ1n) is 4.11. The molecule has 4 heteroatoms. The lowest BCUT2D eigenvalue weighted by atomic mass is 10.3. The van der Waals surface area contributed by atoms with Crippen LogP contribution in [-0.2, 0) is 0 Å². The quantitative estimate of drug-likeness (QED) is 0.528. The van der Waals surface area contributed by atoms with Crippen molar-refractivity contribution in [1.82, 2.24) is 0 Å². The van der Waals surface area contributed by atoms with Gasteiger partial charge < -0.3 is 0 Å². The molecule has 0 amide bonds. The van der Waals surface area contributed by atoms with Crippen LogP contribution in [0.15, 0.2) is 30.3 Å². The number of hydrazine groups is 1. The van der Waals surface area contributed by atoms with Crippen molar-refractivity contribution >= 4 is 5.69 Å². The van der Waals surface area contributed by atoms with Crippen molar-refractivity contribution in [3.05, 3.63) is 40.4 Å².